The van der Waals surface area contributed by atoms with Crippen LogP contribution in [0.3, 0.4) is 0 Å². The Morgan fingerprint density at radius 2 is 2.36 bits per heavy atom. The number of nitrogens with zero attached hydrogens (tertiary/aromatic N) is 1. The van der Waals surface area contributed by atoms with Gasteiger partial charge >= 0.3 is 5.97 Å². The Hall–Kier alpha value is -0.990. The largest absolute Gasteiger partial charge is 0.476 e. The first-order chi connectivity index (χ1) is 6.38. The van der Waals surface area contributed by atoms with Gasteiger partial charge in [-0.15, -0.1) is 11.3 Å². The van der Waals surface area contributed by atoms with E-state index in [1.54, 1.807) is 0 Å². The predicted octanol–water partition coefficient (Wildman–Crippen LogP) is -0.109. The van der Waals surface area contributed by atoms with E-state index < -0.39 is 16.0 Å². The van der Waals surface area contributed by atoms with E-state index >= 15 is 0 Å². The van der Waals surface area contributed by atoms with E-state index in [9.17, 15) is 13.2 Å². The van der Waals surface area contributed by atoms with Gasteiger partial charge in [0.15, 0.2) is 5.69 Å². The van der Waals surface area contributed by atoms with E-state index in [0.29, 0.717) is 5.01 Å². The lowest BCUT2D eigenvalue weighted by Crippen LogP contribution is -2.21. The van der Waals surface area contributed by atoms with Crippen LogP contribution in [0.25, 0.3) is 0 Å². The number of rotatable bonds is 4. The van der Waals surface area contributed by atoms with Crippen molar-refractivity contribution in [3.05, 3.63) is 16.1 Å². The van der Waals surface area contributed by atoms with E-state index in [1.807, 2.05) is 0 Å². The monoisotopic (exact) mass is 236 g/mol. The molecule has 2 N–H and O–H groups in total. The minimum atomic E-state index is -3.26. The zero-order valence-corrected chi connectivity index (χ0v) is 8.85. The standard InChI is InChI=1S/C6H8N2O4S2/c1-14(11,12)7-2-5-8-4(3-13-5)6(9)10/h3,7H,2H2,1H3,(H,9,10). The highest BCUT2D eigenvalue weighted by atomic mass is 32.2. The molecule has 1 rings (SSSR count). The molecule has 0 amide bonds. The van der Waals surface area contributed by atoms with Crippen LogP contribution in [-0.2, 0) is 16.6 Å². The average molecular weight is 236 g/mol. The lowest BCUT2D eigenvalue weighted by Gasteiger charge is -1.96. The van der Waals surface area contributed by atoms with Gasteiger partial charge in [0.2, 0.25) is 10.0 Å². The first-order valence-electron chi connectivity index (χ1n) is 3.51. The Morgan fingerprint density at radius 3 is 2.79 bits per heavy atom. The number of carbonyl (C=O) groups is 1. The van der Waals surface area contributed by atoms with Gasteiger partial charge in [-0.1, -0.05) is 0 Å². The Bertz CT molecular complexity index is 436. The molecule has 1 aromatic rings. The van der Waals surface area contributed by atoms with Crippen molar-refractivity contribution >= 4 is 27.3 Å². The molecule has 0 spiro atoms. The minimum absolute atomic E-state index is 0.0246. The Labute approximate surface area is 84.7 Å². The number of hydrogen-bond acceptors (Lipinski definition) is 5. The van der Waals surface area contributed by atoms with Gasteiger partial charge in [-0.2, -0.15) is 0 Å². The van der Waals surface area contributed by atoms with Crippen molar-refractivity contribution in [2.75, 3.05) is 6.26 Å². The third-order valence-electron chi connectivity index (χ3n) is 1.26. The van der Waals surface area contributed by atoms with E-state index in [2.05, 4.69) is 9.71 Å². The number of carboxylic acids is 1. The van der Waals surface area contributed by atoms with Crippen LogP contribution in [0.2, 0.25) is 0 Å². The van der Waals surface area contributed by atoms with Crippen LogP contribution in [0, 0.1) is 0 Å². The highest BCUT2D eigenvalue weighted by Crippen LogP contribution is 2.09. The number of thiazole rings is 1. The molecule has 1 aromatic heterocycles. The maximum absolute atomic E-state index is 10.7. The number of aromatic carboxylic acids is 1. The summed E-state index contributed by atoms with van der Waals surface area (Å²) in [6, 6.07) is 0. The van der Waals surface area contributed by atoms with Crippen LogP contribution in [0.5, 0.6) is 0 Å². The van der Waals surface area contributed by atoms with Crippen molar-refractivity contribution in [2.45, 2.75) is 6.54 Å². The third kappa shape index (κ3) is 3.40. The predicted molar refractivity (Wildman–Crippen MR) is 50.8 cm³/mol. The molecule has 1 heterocycles. The highest BCUT2D eigenvalue weighted by molar-refractivity contribution is 7.88. The molecule has 8 heteroatoms. The zero-order valence-electron chi connectivity index (χ0n) is 7.22. The number of sulfonamides is 1. The van der Waals surface area contributed by atoms with Gasteiger partial charge < -0.3 is 5.11 Å². The summed E-state index contributed by atoms with van der Waals surface area (Å²) in [5.41, 5.74) is -0.0692. The SMILES string of the molecule is CS(=O)(=O)NCc1nc(C(=O)O)cs1. The molecule has 0 atom stereocenters. The number of hydrogen-bond donors (Lipinski definition) is 2. The molecule has 78 valence electrons. The summed E-state index contributed by atoms with van der Waals surface area (Å²) < 4.78 is 23.6. The molecule has 14 heavy (non-hydrogen) atoms. The first kappa shape index (κ1) is 11.1. The zero-order chi connectivity index (χ0) is 10.8. The fourth-order valence-electron chi connectivity index (χ4n) is 0.683. The van der Waals surface area contributed by atoms with Crippen LogP contribution >= 0.6 is 11.3 Å². The van der Waals surface area contributed by atoms with Crippen LogP contribution in [0.1, 0.15) is 15.5 Å². The number of nitrogens with one attached hydrogen (secondary N) is 1. The Balaban J connectivity index is 2.65. The molecular formula is C6H8N2O4S2. The summed E-state index contributed by atoms with van der Waals surface area (Å²) in [5, 5.41) is 10.3. The number of aromatic nitrogens is 1. The second-order valence-electron chi connectivity index (χ2n) is 2.52. The maximum Gasteiger partial charge on any atom is 0.355 e. The first-order valence-corrected chi connectivity index (χ1v) is 6.28. The average Bonchev–Trinajstić information content (AvgIpc) is 2.47. The fourth-order valence-corrected chi connectivity index (χ4v) is 1.88. The van der Waals surface area contributed by atoms with Gasteiger partial charge in [0.05, 0.1) is 12.8 Å². The lowest BCUT2D eigenvalue weighted by molar-refractivity contribution is 0.0691. The van der Waals surface area contributed by atoms with Gasteiger partial charge in [-0.05, 0) is 0 Å². The summed E-state index contributed by atoms with van der Waals surface area (Å²) in [6.07, 6.45) is 1.03. The molecule has 0 aliphatic heterocycles. The quantitative estimate of drug-likeness (QED) is 0.760. The number of carboxylic acid groups (broad SMARTS) is 1. The van der Waals surface area contributed by atoms with Crippen molar-refractivity contribution in [1.29, 1.82) is 0 Å². The van der Waals surface area contributed by atoms with Crippen LogP contribution in [-0.4, -0.2) is 30.7 Å². The molecule has 6 nitrogen and oxygen atoms in total. The van der Waals surface area contributed by atoms with Gasteiger partial charge in [0, 0.05) is 5.38 Å². The van der Waals surface area contributed by atoms with Crippen molar-refractivity contribution in [3.63, 3.8) is 0 Å². The molecule has 0 aromatic carbocycles. The Morgan fingerprint density at radius 1 is 1.71 bits per heavy atom. The smallest absolute Gasteiger partial charge is 0.355 e. The van der Waals surface area contributed by atoms with Crippen molar-refractivity contribution in [1.82, 2.24) is 9.71 Å². The maximum atomic E-state index is 10.7. The highest BCUT2D eigenvalue weighted by Gasteiger charge is 2.09. The summed E-state index contributed by atoms with van der Waals surface area (Å²) >= 11 is 1.10. The molecule has 0 aliphatic carbocycles. The molecule has 0 unspecified atom stereocenters. The van der Waals surface area contributed by atoms with Gasteiger partial charge in [-0.25, -0.2) is 22.9 Å². The minimum Gasteiger partial charge on any atom is -0.476 e. The molecule has 0 saturated heterocycles. The molecule has 0 radical (unpaired) electrons. The molecular weight excluding hydrogens is 228 g/mol. The summed E-state index contributed by atoms with van der Waals surface area (Å²) in [7, 11) is -3.26. The van der Waals surface area contributed by atoms with Gasteiger partial charge in [0.1, 0.15) is 5.01 Å². The van der Waals surface area contributed by atoms with Gasteiger partial charge in [-0.3, -0.25) is 0 Å². The fraction of sp³-hybridized carbons (Fsp3) is 0.333. The van der Waals surface area contributed by atoms with Crippen molar-refractivity contribution < 1.29 is 18.3 Å². The van der Waals surface area contributed by atoms with Crippen LogP contribution < -0.4 is 4.72 Å². The molecule has 0 bridgehead atoms. The second kappa shape index (κ2) is 4.03. The van der Waals surface area contributed by atoms with E-state index in [1.165, 1.54) is 5.38 Å². The normalized spacial score (nSPS) is 11.5. The van der Waals surface area contributed by atoms with E-state index in [4.69, 9.17) is 5.11 Å². The summed E-state index contributed by atoms with van der Waals surface area (Å²) in [4.78, 5) is 14.1. The lowest BCUT2D eigenvalue weighted by atomic mass is 10.5. The molecule has 0 saturated carbocycles. The summed E-state index contributed by atoms with van der Waals surface area (Å²) in [6.45, 7) is 0.0246. The van der Waals surface area contributed by atoms with Gasteiger partial charge in [0.25, 0.3) is 0 Å². The van der Waals surface area contributed by atoms with Crippen molar-refractivity contribution in [2.24, 2.45) is 0 Å². The summed E-state index contributed by atoms with van der Waals surface area (Å²) in [5.74, 6) is -1.12. The molecule has 0 aliphatic rings. The van der Waals surface area contributed by atoms with Crippen LogP contribution in [0.4, 0.5) is 0 Å². The van der Waals surface area contributed by atoms with Crippen LogP contribution in [0.15, 0.2) is 5.38 Å². The Kier molecular flexibility index (Phi) is 3.19. The topological polar surface area (TPSA) is 96.4 Å². The third-order valence-corrected chi connectivity index (χ3v) is 2.77. The second-order valence-corrected chi connectivity index (χ2v) is 5.30. The van der Waals surface area contributed by atoms with Crippen molar-refractivity contribution in [3.8, 4) is 0 Å². The van der Waals surface area contributed by atoms with E-state index in [-0.39, 0.29) is 12.2 Å². The van der Waals surface area contributed by atoms with E-state index in [0.717, 1.165) is 17.6 Å². The molecule has 0 fully saturated rings.